The normalized spacial score (nSPS) is 16.4. The molecule has 0 saturated heterocycles. The smallest absolute Gasteiger partial charge is 0.179 e. The number of hydrogen-bond acceptors (Lipinski definition) is 6. The van der Waals surface area contributed by atoms with Gasteiger partial charge in [0, 0.05) is 20.6 Å². The second-order valence-corrected chi connectivity index (χ2v) is 7.47. The van der Waals surface area contributed by atoms with Crippen molar-refractivity contribution in [3.05, 3.63) is 77.2 Å². The number of rotatable bonds is 6. The zero-order chi connectivity index (χ0) is 21.1. The first-order chi connectivity index (χ1) is 14.5. The van der Waals surface area contributed by atoms with Crippen molar-refractivity contribution in [2.75, 3.05) is 21.2 Å². The van der Waals surface area contributed by atoms with Gasteiger partial charge in [-0.3, -0.25) is 5.01 Å². The molecular weight excluding hydrogens is 378 g/mol. The number of fused-ring (bicyclic) bond motifs is 1. The van der Waals surface area contributed by atoms with E-state index in [4.69, 9.17) is 9.47 Å². The van der Waals surface area contributed by atoms with E-state index >= 15 is 0 Å². The summed E-state index contributed by atoms with van der Waals surface area (Å²) in [6.07, 6.45) is 3.27. The molecule has 0 radical (unpaired) electrons. The maximum atomic E-state index is 6.41. The lowest BCUT2D eigenvalue weighted by molar-refractivity contribution is -0.124. The van der Waals surface area contributed by atoms with Crippen LogP contribution >= 0.6 is 0 Å². The van der Waals surface area contributed by atoms with Gasteiger partial charge in [-0.15, -0.1) is 0 Å². The Morgan fingerprint density at radius 2 is 1.83 bits per heavy atom. The number of hydrazine groups is 1. The van der Waals surface area contributed by atoms with E-state index in [-0.39, 0.29) is 6.23 Å². The van der Waals surface area contributed by atoms with Crippen molar-refractivity contribution in [2.24, 2.45) is 4.99 Å². The Labute approximate surface area is 177 Å². The second-order valence-electron chi connectivity index (χ2n) is 7.47. The first-order valence-corrected chi connectivity index (χ1v) is 9.90. The lowest BCUT2D eigenvalue weighted by Crippen LogP contribution is -2.39. The molecule has 0 bridgehead atoms. The van der Waals surface area contributed by atoms with Gasteiger partial charge in [0.2, 0.25) is 0 Å². The molecule has 0 fully saturated rings. The number of ether oxygens (including phenoxy) is 2. The third-order valence-corrected chi connectivity index (χ3v) is 5.28. The predicted octanol–water partition coefficient (Wildman–Crippen LogP) is 3.92. The highest BCUT2D eigenvalue weighted by molar-refractivity contribution is 5.61. The van der Waals surface area contributed by atoms with Crippen molar-refractivity contribution in [3.8, 4) is 5.75 Å². The van der Waals surface area contributed by atoms with Crippen LogP contribution in [-0.4, -0.2) is 47.1 Å². The van der Waals surface area contributed by atoms with Gasteiger partial charge in [-0.1, -0.05) is 42.0 Å². The molecule has 30 heavy (non-hydrogen) atoms. The van der Waals surface area contributed by atoms with Gasteiger partial charge in [-0.25, -0.2) is 9.98 Å². The number of methoxy groups -OCH3 is 1. The van der Waals surface area contributed by atoms with Crippen molar-refractivity contribution in [2.45, 2.75) is 26.3 Å². The molecule has 7 heteroatoms. The van der Waals surface area contributed by atoms with Gasteiger partial charge in [0.25, 0.3) is 0 Å². The van der Waals surface area contributed by atoms with E-state index in [0.29, 0.717) is 19.0 Å². The summed E-state index contributed by atoms with van der Waals surface area (Å²) >= 11 is 0. The highest BCUT2D eigenvalue weighted by Gasteiger charge is 2.30. The number of hydrogen-bond donors (Lipinski definition) is 0. The Kier molecular flexibility index (Phi) is 5.83. The van der Waals surface area contributed by atoms with Crippen LogP contribution in [0.1, 0.15) is 28.6 Å². The minimum absolute atomic E-state index is 0.325. The Morgan fingerprint density at radius 1 is 1.03 bits per heavy atom. The summed E-state index contributed by atoms with van der Waals surface area (Å²) in [4.78, 5) is 9.10. The molecule has 0 aliphatic carbocycles. The van der Waals surface area contributed by atoms with Gasteiger partial charge in [0.1, 0.15) is 17.8 Å². The SMILES string of the molecule is COc1ccc(Cn2cnc3c2C(OCc2cccc(C)c2)N(C)N(C)C=N3)cc1. The van der Waals surface area contributed by atoms with Crippen LogP contribution in [0.2, 0.25) is 0 Å². The maximum Gasteiger partial charge on any atom is 0.179 e. The van der Waals surface area contributed by atoms with Crippen LogP contribution < -0.4 is 4.74 Å². The molecular formula is C23H27N5O2. The Hall–Kier alpha value is -3.16. The molecule has 1 atom stereocenters. The highest BCUT2D eigenvalue weighted by atomic mass is 16.5. The molecule has 2 aromatic carbocycles. The number of aryl methyl sites for hydroxylation is 1. The fourth-order valence-electron chi connectivity index (χ4n) is 3.51. The Bertz CT molecular complexity index is 1030. The molecule has 0 spiro atoms. The van der Waals surface area contributed by atoms with E-state index in [0.717, 1.165) is 22.6 Å². The highest BCUT2D eigenvalue weighted by Crippen LogP contribution is 2.33. The van der Waals surface area contributed by atoms with Crippen molar-refractivity contribution >= 4 is 12.2 Å². The van der Waals surface area contributed by atoms with Crippen molar-refractivity contribution < 1.29 is 9.47 Å². The summed E-state index contributed by atoms with van der Waals surface area (Å²) in [7, 11) is 5.62. The van der Waals surface area contributed by atoms with E-state index in [1.807, 2.05) is 42.6 Å². The fourth-order valence-corrected chi connectivity index (χ4v) is 3.51. The van der Waals surface area contributed by atoms with Crippen LogP contribution in [-0.2, 0) is 17.9 Å². The molecule has 0 amide bonds. The van der Waals surface area contributed by atoms with Crippen LogP contribution in [0.5, 0.6) is 5.75 Å². The molecule has 3 aromatic rings. The molecule has 0 N–H and O–H groups in total. The summed E-state index contributed by atoms with van der Waals surface area (Å²) in [5, 5.41) is 3.94. The van der Waals surface area contributed by atoms with Crippen LogP contribution in [0.3, 0.4) is 0 Å². The topological polar surface area (TPSA) is 55.1 Å². The third kappa shape index (κ3) is 4.22. The minimum Gasteiger partial charge on any atom is -0.497 e. The van der Waals surface area contributed by atoms with Gasteiger partial charge in [0.05, 0.1) is 20.0 Å². The standard InChI is InChI=1S/C23H27N5O2/c1-17-6-5-7-19(12-17)14-30-23-21-22(24-15-26(2)27(23)3)25-16-28(21)13-18-8-10-20(29-4)11-9-18/h5-12,15-16,23H,13-14H2,1-4H3. The van der Waals surface area contributed by atoms with Gasteiger partial charge in [-0.05, 0) is 30.2 Å². The Balaban J connectivity index is 1.62. The molecule has 1 aromatic heterocycles. The Morgan fingerprint density at radius 3 is 2.57 bits per heavy atom. The second kappa shape index (κ2) is 8.69. The zero-order valence-electron chi connectivity index (χ0n) is 17.8. The van der Waals surface area contributed by atoms with E-state index < -0.39 is 0 Å². The summed E-state index contributed by atoms with van der Waals surface area (Å²) < 4.78 is 13.8. The van der Waals surface area contributed by atoms with Crippen LogP contribution in [0, 0.1) is 6.92 Å². The number of aromatic nitrogens is 2. The molecule has 0 saturated carbocycles. The lowest BCUT2D eigenvalue weighted by atomic mass is 10.1. The number of benzene rings is 2. The quantitative estimate of drug-likeness (QED) is 0.622. The minimum atomic E-state index is -0.325. The molecule has 2 heterocycles. The summed E-state index contributed by atoms with van der Waals surface area (Å²) in [5.74, 6) is 1.52. The fraction of sp³-hybridized carbons (Fsp3) is 0.304. The van der Waals surface area contributed by atoms with Crippen LogP contribution in [0.25, 0.3) is 0 Å². The van der Waals surface area contributed by atoms with Gasteiger partial charge in [0.15, 0.2) is 12.0 Å². The van der Waals surface area contributed by atoms with Crippen molar-refractivity contribution in [3.63, 3.8) is 0 Å². The molecule has 1 aliphatic heterocycles. The average molecular weight is 406 g/mol. The average Bonchev–Trinajstić information content (AvgIpc) is 3.09. The molecule has 7 nitrogen and oxygen atoms in total. The molecule has 1 aliphatic rings. The van der Waals surface area contributed by atoms with E-state index in [1.165, 1.54) is 5.56 Å². The molecule has 4 rings (SSSR count). The third-order valence-electron chi connectivity index (χ3n) is 5.28. The van der Waals surface area contributed by atoms with E-state index in [1.54, 1.807) is 13.4 Å². The van der Waals surface area contributed by atoms with Crippen molar-refractivity contribution in [1.82, 2.24) is 19.6 Å². The van der Waals surface area contributed by atoms with Gasteiger partial charge < -0.3 is 14.0 Å². The van der Waals surface area contributed by atoms with Crippen molar-refractivity contribution in [1.29, 1.82) is 0 Å². The zero-order valence-corrected chi connectivity index (χ0v) is 17.8. The predicted molar refractivity (Wildman–Crippen MR) is 117 cm³/mol. The summed E-state index contributed by atoms with van der Waals surface area (Å²) in [5.41, 5.74) is 4.44. The van der Waals surface area contributed by atoms with Crippen LogP contribution in [0.4, 0.5) is 5.82 Å². The molecule has 1 unspecified atom stereocenters. The first-order valence-electron chi connectivity index (χ1n) is 9.90. The van der Waals surface area contributed by atoms with E-state index in [9.17, 15) is 0 Å². The summed E-state index contributed by atoms with van der Waals surface area (Å²) in [6, 6.07) is 16.4. The van der Waals surface area contributed by atoms with Crippen LogP contribution in [0.15, 0.2) is 59.9 Å². The first kappa shape index (κ1) is 20.1. The van der Waals surface area contributed by atoms with E-state index in [2.05, 4.69) is 57.9 Å². The number of imidazole rings is 1. The van der Waals surface area contributed by atoms with Gasteiger partial charge in [-0.2, -0.15) is 5.01 Å². The lowest BCUT2D eigenvalue weighted by Gasteiger charge is -2.32. The summed E-state index contributed by atoms with van der Waals surface area (Å²) in [6.45, 7) is 3.26. The number of nitrogens with zero attached hydrogens (tertiary/aromatic N) is 5. The largest absolute Gasteiger partial charge is 0.497 e. The monoisotopic (exact) mass is 405 g/mol. The number of aliphatic imine (C=N–C) groups is 1. The van der Waals surface area contributed by atoms with Gasteiger partial charge >= 0.3 is 0 Å². The molecule has 156 valence electrons. The maximum absolute atomic E-state index is 6.41.